The minimum Gasteiger partial charge on any atom is -0.466 e. The maximum Gasteiger partial charge on any atom is 0.306 e. The van der Waals surface area contributed by atoms with Gasteiger partial charge in [0.2, 0.25) is 0 Å². The molecule has 6 nitrogen and oxygen atoms in total. The van der Waals surface area contributed by atoms with Gasteiger partial charge in [0.25, 0.3) is 0 Å². The van der Waals surface area contributed by atoms with Gasteiger partial charge in [-0.1, -0.05) is 17.3 Å². The van der Waals surface area contributed by atoms with Crippen molar-refractivity contribution in [1.29, 1.82) is 0 Å². The number of benzene rings is 2. The van der Waals surface area contributed by atoms with Gasteiger partial charge >= 0.3 is 5.97 Å². The topological polar surface area (TPSA) is 77.2 Å². The van der Waals surface area contributed by atoms with E-state index in [0.717, 1.165) is 43.4 Å². The Balaban J connectivity index is 1.72. The lowest BCUT2D eigenvalue weighted by molar-refractivity contribution is -0.143. The monoisotopic (exact) mass is 449 g/mol. The molecule has 4 aromatic rings. The Bertz CT molecular complexity index is 1320. The number of esters is 1. The Hall–Kier alpha value is -2.77. The second kappa shape index (κ2) is 8.30. The fraction of sp³-hybridized carbons (Fsp3) is 0.400. The Morgan fingerprint density at radius 3 is 2.88 bits per heavy atom. The molecule has 7 heteroatoms. The summed E-state index contributed by atoms with van der Waals surface area (Å²) >= 11 is 1.63. The summed E-state index contributed by atoms with van der Waals surface area (Å²) < 4.78 is 8.30. The molecule has 5 rings (SSSR count). The van der Waals surface area contributed by atoms with Gasteiger partial charge in [0.15, 0.2) is 0 Å². The van der Waals surface area contributed by atoms with E-state index in [1.165, 1.54) is 18.4 Å². The van der Waals surface area contributed by atoms with Crippen molar-refractivity contribution in [3.8, 4) is 0 Å². The molecule has 0 amide bonds. The lowest BCUT2D eigenvalue weighted by Crippen LogP contribution is -2.14. The van der Waals surface area contributed by atoms with Crippen molar-refractivity contribution in [3.63, 3.8) is 0 Å². The molecule has 1 saturated carbocycles. The summed E-state index contributed by atoms with van der Waals surface area (Å²) in [6.07, 6.45) is 2.58. The highest BCUT2D eigenvalue weighted by Crippen LogP contribution is 2.46. The van der Waals surface area contributed by atoms with Crippen LogP contribution in [0, 0.1) is 6.92 Å². The van der Waals surface area contributed by atoms with Crippen LogP contribution in [0.15, 0.2) is 29.6 Å². The summed E-state index contributed by atoms with van der Waals surface area (Å²) in [7, 11) is 1.94. The summed E-state index contributed by atoms with van der Waals surface area (Å²) in [5.74, 6) is 0.109. The van der Waals surface area contributed by atoms with E-state index in [1.807, 2.05) is 30.1 Å². The lowest BCUT2D eigenvalue weighted by Gasteiger charge is -2.22. The molecule has 2 heterocycles. The van der Waals surface area contributed by atoms with Crippen LogP contribution in [0.1, 0.15) is 65.8 Å². The zero-order valence-corrected chi connectivity index (χ0v) is 19.4. The minimum atomic E-state index is -0.222. The van der Waals surface area contributed by atoms with E-state index in [0.29, 0.717) is 12.5 Å². The van der Waals surface area contributed by atoms with Crippen LogP contribution in [-0.4, -0.2) is 32.7 Å². The van der Waals surface area contributed by atoms with Crippen LogP contribution < -0.4 is 0 Å². The van der Waals surface area contributed by atoms with Gasteiger partial charge in [-0.15, -0.1) is 16.4 Å². The average molecular weight is 450 g/mol. The SMILES string of the molecule is CCOC(=O)CC(c1cc(CO)c2sccc2c1)c1cc(C2CC2)c2c(nnn2C)c1C. The molecule has 0 aliphatic heterocycles. The van der Waals surface area contributed by atoms with Crippen molar-refractivity contribution in [2.45, 2.75) is 51.6 Å². The number of carbonyl (C=O) groups is 1. The first kappa shape index (κ1) is 21.1. The smallest absolute Gasteiger partial charge is 0.306 e. The van der Waals surface area contributed by atoms with E-state index in [-0.39, 0.29) is 24.9 Å². The van der Waals surface area contributed by atoms with Gasteiger partial charge in [0, 0.05) is 17.7 Å². The number of rotatable bonds is 7. The van der Waals surface area contributed by atoms with Crippen molar-refractivity contribution in [3.05, 3.63) is 57.5 Å². The molecule has 1 fully saturated rings. The zero-order chi connectivity index (χ0) is 22.4. The van der Waals surface area contributed by atoms with Gasteiger partial charge in [-0.25, -0.2) is 4.68 Å². The van der Waals surface area contributed by atoms with Gasteiger partial charge in [0.1, 0.15) is 5.52 Å². The summed E-state index contributed by atoms with van der Waals surface area (Å²) in [5, 5.41) is 21.9. The Morgan fingerprint density at radius 2 is 2.16 bits per heavy atom. The van der Waals surface area contributed by atoms with Crippen LogP contribution in [-0.2, 0) is 23.2 Å². The highest BCUT2D eigenvalue weighted by Gasteiger charge is 2.31. The Kier molecular flexibility index (Phi) is 5.47. The van der Waals surface area contributed by atoms with Crippen LogP contribution in [0.2, 0.25) is 0 Å². The normalized spacial score (nSPS) is 14.9. The van der Waals surface area contributed by atoms with Gasteiger partial charge in [-0.3, -0.25) is 4.79 Å². The number of aromatic nitrogens is 3. The molecule has 0 spiro atoms. The predicted molar refractivity (Wildman–Crippen MR) is 126 cm³/mol. The first-order chi connectivity index (χ1) is 15.5. The molecule has 0 bridgehead atoms. The maximum atomic E-state index is 12.7. The van der Waals surface area contributed by atoms with Crippen LogP contribution in [0.3, 0.4) is 0 Å². The van der Waals surface area contributed by atoms with Crippen LogP contribution in [0.25, 0.3) is 21.1 Å². The minimum absolute atomic E-state index is 0.0352. The lowest BCUT2D eigenvalue weighted by atomic mass is 9.83. The van der Waals surface area contributed by atoms with E-state index in [1.54, 1.807) is 11.3 Å². The third-order valence-electron chi connectivity index (χ3n) is 6.49. The first-order valence-electron chi connectivity index (χ1n) is 11.1. The molecule has 0 saturated heterocycles. The fourth-order valence-corrected chi connectivity index (χ4v) is 5.66. The van der Waals surface area contributed by atoms with E-state index in [4.69, 9.17) is 4.74 Å². The predicted octanol–water partition coefficient (Wildman–Crippen LogP) is 4.95. The third-order valence-corrected chi connectivity index (χ3v) is 7.50. The molecule has 2 aromatic heterocycles. The molecule has 166 valence electrons. The summed E-state index contributed by atoms with van der Waals surface area (Å²) in [5.41, 5.74) is 7.30. The molecule has 1 aliphatic carbocycles. The van der Waals surface area contributed by atoms with Crippen molar-refractivity contribution in [2.24, 2.45) is 7.05 Å². The highest BCUT2D eigenvalue weighted by atomic mass is 32.1. The largest absolute Gasteiger partial charge is 0.466 e. The van der Waals surface area contributed by atoms with E-state index in [2.05, 4.69) is 35.4 Å². The molecular formula is C25H27N3O3S. The number of hydrogen-bond acceptors (Lipinski definition) is 6. The molecule has 1 unspecified atom stereocenters. The number of carbonyl (C=O) groups excluding carboxylic acids is 1. The second-order valence-corrected chi connectivity index (χ2v) is 9.52. The molecular weight excluding hydrogens is 422 g/mol. The number of fused-ring (bicyclic) bond motifs is 2. The van der Waals surface area contributed by atoms with Crippen molar-refractivity contribution in [2.75, 3.05) is 6.61 Å². The number of hydrogen-bond donors (Lipinski definition) is 1. The fourth-order valence-electron chi connectivity index (χ4n) is 4.78. The highest BCUT2D eigenvalue weighted by molar-refractivity contribution is 7.17. The molecule has 1 aliphatic rings. The van der Waals surface area contributed by atoms with Crippen molar-refractivity contribution < 1.29 is 14.6 Å². The summed E-state index contributed by atoms with van der Waals surface area (Å²) in [4.78, 5) is 12.7. The Labute approximate surface area is 190 Å². The number of aryl methyl sites for hydroxylation is 2. The van der Waals surface area contributed by atoms with E-state index >= 15 is 0 Å². The number of aliphatic hydroxyl groups excluding tert-OH is 1. The van der Waals surface area contributed by atoms with Crippen LogP contribution in [0.4, 0.5) is 0 Å². The van der Waals surface area contributed by atoms with Crippen LogP contribution in [0.5, 0.6) is 0 Å². The van der Waals surface area contributed by atoms with Crippen molar-refractivity contribution in [1.82, 2.24) is 15.0 Å². The van der Waals surface area contributed by atoms with Gasteiger partial charge in [-0.2, -0.15) is 0 Å². The number of aliphatic hydroxyl groups is 1. The quantitative estimate of drug-likeness (QED) is 0.404. The molecule has 2 aromatic carbocycles. The van der Waals surface area contributed by atoms with E-state index < -0.39 is 0 Å². The molecule has 1 N–H and O–H groups in total. The third kappa shape index (κ3) is 3.59. The van der Waals surface area contributed by atoms with Gasteiger partial charge in [0.05, 0.1) is 25.2 Å². The first-order valence-corrected chi connectivity index (χ1v) is 12.0. The molecule has 1 atom stereocenters. The van der Waals surface area contributed by atoms with Crippen LogP contribution >= 0.6 is 11.3 Å². The van der Waals surface area contributed by atoms with Crippen molar-refractivity contribution >= 4 is 38.4 Å². The number of thiophene rings is 1. The molecule has 32 heavy (non-hydrogen) atoms. The maximum absolute atomic E-state index is 12.7. The summed E-state index contributed by atoms with van der Waals surface area (Å²) in [6, 6.07) is 8.52. The standard InChI is InChI=1S/C25H27N3O3S/c1-4-31-22(30)12-20(17-9-16-7-8-32-25(16)18(10-17)13-29)19-11-21(15-5-6-15)24-23(14(19)2)26-27-28(24)3/h7-11,15,20,29H,4-6,12-13H2,1-3H3. The van der Waals surface area contributed by atoms with Gasteiger partial charge in [-0.05, 0) is 83.3 Å². The zero-order valence-electron chi connectivity index (χ0n) is 18.6. The summed E-state index contributed by atoms with van der Waals surface area (Å²) in [6.45, 7) is 4.21. The van der Waals surface area contributed by atoms with Gasteiger partial charge < -0.3 is 9.84 Å². The average Bonchev–Trinajstić information content (AvgIpc) is 3.39. The second-order valence-electron chi connectivity index (χ2n) is 8.60. The van der Waals surface area contributed by atoms with E-state index in [9.17, 15) is 9.90 Å². The molecule has 0 radical (unpaired) electrons. The number of nitrogens with zero attached hydrogens (tertiary/aromatic N) is 3. The number of ether oxygens (including phenoxy) is 1. The Morgan fingerprint density at radius 1 is 1.34 bits per heavy atom.